The van der Waals surface area contributed by atoms with Crippen molar-refractivity contribution in [2.75, 3.05) is 6.61 Å². The molecule has 4 rings (SSSR count). The predicted octanol–water partition coefficient (Wildman–Crippen LogP) is 3.64. The fraction of sp³-hybridized carbons (Fsp3) is 0.741. The van der Waals surface area contributed by atoms with E-state index in [9.17, 15) is 24.6 Å². The minimum atomic E-state index is -2.03. The van der Waals surface area contributed by atoms with Crippen molar-refractivity contribution in [3.8, 4) is 0 Å². The van der Waals surface area contributed by atoms with Crippen molar-refractivity contribution >= 4 is 17.5 Å². The van der Waals surface area contributed by atoms with E-state index in [1.54, 1.807) is 13.0 Å². The number of carbonyl (C=O) groups excluding carboxylic acids is 3. The molecule has 3 fully saturated rings. The maximum Gasteiger partial charge on any atom is 0.306 e. The molecule has 4 unspecified atom stereocenters. The first-order chi connectivity index (χ1) is 15.9. The highest BCUT2D eigenvalue weighted by Gasteiger charge is 2.77. The zero-order valence-electron chi connectivity index (χ0n) is 20.6. The second-order valence-corrected chi connectivity index (χ2v) is 11.3. The van der Waals surface area contributed by atoms with Gasteiger partial charge in [-0.25, -0.2) is 4.39 Å². The minimum Gasteiger partial charge on any atom is -0.450 e. The first-order valence-corrected chi connectivity index (χ1v) is 12.6. The van der Waals surface area contributed by atoms with Crippen molar-refractivity contribution in [2.45, 2.75) is 90.0 Å². The molecule has 4 aliphatic rings. The molecule has 0 saturated heterocycles. The van der Waals surface area contributed by atoms with Crippen LogP contribution in [0.15, 0.2) is 23.8 Å². The molecule has 0 aromatic carbocycles. The van der Waals surface area contributed by atoms with E-state index >= 15 is 4.39 Å². The molecule has 0 aliphatic heterocycles. The molecular formula is C27H37FO6. The molecular weight excluding hydrogens is 439 g/mol. The molecule has 2 N–H and O–H groups in total. The Morgan fingerprint density at radius 1 is 1.26 bits per heavy atom. The number of fused-ring (bicyclic) bond motifs is 5. The van der Waals surface area contributed by atoms with Gasteiger partial charge in [0, 0.05) is 29.1 Å². The molecule has 4 aliphatic carbocycles. The Balaban J connectivity index is 1.80. The van der Waals surface area contributed by atoms with E-state index < -0.39 is 58.4 Å². The number of hydrogen-bond acceptors (Lipinski definition) is 6. The number of rotatable bonds is 6. The quantitative estimate of drug-likeness (QED) is 0.568. The molecule has 7 heteroatoms. The first-order valence-electron chi connectivity index (χ1n) is 12.6. The average molecular weight is 477 g/mol. The first kappa shape index (κ1) is 25.2. The number of allylic oxidation sites excluding steroid dienone is 4. The molecule has 8 atom stereocenters. The van der Waals surface area contributed by atoms with Crippen LogP contribution in [0.5, 0.6) is 0 Å². The number of aliphatic hydroxyl groups excluding tert-OH is 2. The molecule has 0 aromatic heterocycles. The molecule has 0 aromatic rings. The second kappa shape index (κ2) is 8.37. The number of halogens is 1. The zero-order valence-corrected chi connectivity index (χ0v) is 20.6. The summed E-state index contributed by atoms with van der Waals surface area (Å²) in [7, 11) is 0. The maximum absolute atomic E-state index is 17.3. The van der Waals surface area contributed by atoms with E-state index in [4.69, 9.17) is 4.74 Å². The summed E-state index contributed by atoms with van der Waals surface area (Å²) in [5, 5.41) is 21.4. The highest BCUT2D eigenvalue weighted by molar-refractivity contribution is 6.01. The van der Waals surface area contributed by atoms with E-state index in [0.717, 1.165) is 6.42 Å². The van der Waals surface area contributed by atoms with Crippen LogP contribution in [0.1, 0.15) is 72.6 Å². The SMILES string of the molecule is CCCCC(=O)O[C@@]1(C(=O)CO)C(C)CC2C3CCC4=CC(=O)C=C[C@@]4(C)[C@]3(F)C(O)C[C@]21C. The average Bonchev–Trinajstić information content (AvgIpc) is 3.00. The largest absolute Gasteiger partial charge is 0.450 e. The Morgan fingerprint density at radius 2 is 1.97 bits per heavy atom. The Bertz CT molecular complexity index is 957. The van der Waals surface area contributed by atoms with Crippen LogP contribution in [0, 0.1) is 28.6 Å². The number of ketones is 2. The molecule has 34 heavy (non-hydrogen) atoms. The molecule has 3 saturated carbocycles. The lowest BCUT2D eigenvalue weighted by molar-refractivity contribution is -0.228. The van der Waals surface area contributed by atoms with Gasteiger partial charge >= 0.3 is 5.97 Å². The Kier molecular flexibility index (Phi) is 6.21. The molecule has 0 bridgehead atoms. The summed E-state index contributed by atoms with van der Waals surface area (Å²) in [6, 6.07) is 0. The van der Waals surface area contributed by atoms with Gasteiger partial charge in [0.1, 0.15) is 6.61 Å². The van der Waals surface area contributed by atoms with E-state index in [-0.39, 0.29) is 24.5 Å². The van der Waals surface area contributed by atoms with Crippen molar-refractivity contribution in [1.29, 1.82) is 0 Å². The van der Waals surface area contributed by atoms with E-state index in [0.29, 0.717) is 31.3 Å². The Morgan fingerprint density at radius 3 is 2.62 bits per heavy atom. The van der Waals surface area contributed by atoms with Gasteiger partial charge in [-0.1, -0.05) is 38.8 Å². The molecule has 0 radical (unpaired) electrons. The number of unbranched alkanes of at least 4 members (excludes halogenated alkanes) is 1. The van der Waals surface area contributed by atoms with Crippen LogP contribution in [0.4, 0.5) is 4.39 Å². The number of ether oxygens (including phenoxy) is 1. The molecule has 0 heterocycles. The van der Waals surface area contributed by atoms with Gasteiger partial charge < -0.3 is 14.9 Å². The fourth-order valence-corrected chi connectivity index (χ4v) is 8.07. The summed E-state index contributed by atoms with van der Waals surface area (Å²) in [5.74, 6) is -2.62. The van der Waals surface area contributed by atoms with Gasteiger partial charge in [-0.05, 0) is 57.1 Å². The summed E-state index contributed by atoms with van der Waals surface area (Å²) in [6.45, 7) is 6.55. The number of Topliss-reactive ketones (excluding diaryl/α,β-unsaturated/α-hetero) is 1. The number of carbonyl (C=O) groups is 3. The van der Waals surface area contributed by atoms with Gasteiger partial charge in [0.2, 0.25) is 5.78 Å². The highest BCUT2D eigenvalue weighted by Crippen LogP contribution is 2.71. The topological polar surface area (TPSA) is 101 Å². The second-order valence-electron chi connectivity index (χ2n) is 11.3. The minimum absolute atomic E-state index is 0.0769. The van der Waals surface area contributed by atoms with Gasteiger partial charge in [0.05, 0.1) is 6.10 Å². The van der Waals surface area contributed by atoms with Gasteiger partial charge in [0.25, 0.3) is 0 Å². The third kappa shape index (κ3) is 3.08. The summed E-state index contributed by atoms with van der Waals surface area (Å²) in [4.78, 5) is 38.1. The normalized spacial score (nSPS) is 45.1. The standard InChI is InChI=1S/C27H37FO6/c1-5-6-7-23(33)34-27(22(32)15-29)16(2)12-20-19-9-8-17-13-18(30)10-11-24(17,3)26(19,28)21(31)14-25(20,27)4/h10-11,13,16,19-21,29,31H,5-9,12,14-15H2,1-4H3/t16?,19?,20?,21?,24-,25-,26-,27-/m1/s1. The number of alkyl halides is 1. The predicted molar refractivity (Wildman–Crippen MR) is 123 cm³/mol. The highest BCUT2D eigenvalue weighted by atomic mass is 19.1. The maximum atomic E-state index is 17.3. The molecule has 188 valence electrons. The van der Waals surface area contributed by atoms with Gasteiger partial charge in [-0.2, -0.15) is 0 Å². The van der Waals surface area contributed by atoms with Gasteiger partial charge in [0.15, 0.2) is 17.1 Å². The van der Waals surface area contributed by atoms with Crippen LogP contribution in [0.3, 0.4) is 0 Å². The third-order valence-corrected chi connectivity index (χ3v) is 9.75. The summed E-state index contributed by atoms with van der Waals surface area (Å²) < 4.78 is 23.3. The molecule has 6 nitrogen and oxygen atoms in total. The van der Waals surface area contributed by atoms with Crippen LogP contribution in [-0.2, 0) is 19.1 Å². The number of hydrogen-bond donors (Lipinski definition) is 2. The fourth-order valence-electron chi connectivity index (χ4n) is 8.07. The molecule has 0 spiro atoms. The summed E-state index contributed by atoms with van der Waals surface area (Å²) in [6.07, 6.45) is 5.92. The lowest BCUT2D eigenvalue weighted by Gasteiger charge is -2.62. The van der Waals surface area contributed by atoms with Crippen LogP contribution in [0.25, 0.3) is 0 Å². The molecule has 0 amide bonds. The van der Waals surface area contributed by atoms with Crippen LogP contribution >= 0.6 is 0 Å². The van der Waals surface area contributed by atoms with Crippen LogP contribution in [0.2, 0.25) is 0 Å². The van der Waals surface area contributed by atoms with Crippen molar-refractivity contribution < 1.29 is 33.7 Å². The van der Waals surface area contributed by atoms with Crippen molar-refractivity contribution in [1.82, 2.24) is 0 Å². The van der Waals surface area contributed by atoms with Crippen LogP contribution < -0.4 is 0 Å². The van der Waals surface area contributed by atoms with Gasteiger partial charge in [-0.15, -0.1) is 0 Å². The van der Waals surface area contributed by atoms with Gasteiger partial charge in [-0.3, -0.25) is 14.4 Å². The zero-order chi connectivity index (χ0) is 25.1. The summed E-state index contributed by atoms with van der Waals surface area (Å²) >= 11 is 0. The monoisotopic (exact) mass is 476 g/mol. The Hall–Kier alpha value is -1.86. The van der Waals surface area contributed by atoms with Crippen LogP contribution in [-0.4, -0.2) is 51.7 Å². The summed E-state index contributed by atoms with van der Waals surface area (Å²) in [5.41, 5.74) is -5.11. The van der Waals surface area contributed by atoms with E-state index in [1.807, 2.05) is 20.8 Å². The van der Waals surface area contributed by atoms with E-state index in [1.165, 1.54) is 12.2 Å². The number of esters is 1. The lowest BCUT2D eigenvalue weighted by Crippen LogP contribution is -2.70. The van der Waals surface area contributed by atoms with Crippen molar-refractivity contribution in [3.05, 3.63) is 23.8 Å². The van der Waals surface area contributed by atoms with E-state index in [2.05, 4.69) is 0 Å². The Labute approximate surface area is 200 Å². The van der Waals surface area contributed by atoms with Crippen molar-refractivity contribution in [3.63, 3.8) is 0 Å². The number of aliphatic hydroxyl groups is 2. The van der Waals surface area contributed by atoms with Crippen molar-refractivity contribution in [2.24, 2.45) is 28.6 Å². The third-order valence-electron chi connectivity index (χ3n) is 9.75. The smallest absolute Gasteiger partial charge is 0.306 e. The lowest BCUT2D eigenvalue weighted by atomic mass is 9.44.